The Balaban J connectivity index is 1.63. The van der Waals surface area contributed by atoms with E-state index in [4.69, 9.17) is 0 Å². The van der Waals surface area contributed by atoms with E-state index in [1.807, 2.05) is 7.05 Å². The summed E-state index contributed by atoms with van der Waals surface area (Å²) >= 11 is 1.35. The maximum Gasteiger partial charge on any atom is 0.227 e. The van der Waals surface area contributed by atoms with Crippen molar-refractivity contribution in [2.45, 2.75) is 6.42 Å². The van der Waals surface area contributed by atoms with Crippen molar-refractivity contribution in [1.29, 1.82) is 0 Å². The molecule has 7 heteroatoms. The Bertz CT molecular complexity index is 284. The molecule has 90 valence electrons. The normalized spacial score (nSPS) is 17.6. The van der Waals surface area contributed by atoms with Crippen LogP contribution >= 0.6 is 11.5 Å². The standard InChI is InChI=1S/C9H18N6S/c1-14(9-11-12-13-16-9)5-2-6-15-7-3-10-4-8-15/h10H,2-8H2,1H3. The molecule has 2 rings (SSSR count). The van der Waals surface area contributed by atoms with Crippen LogP contribution in [0.5, 0.6) is 0 Å². The summed E-state index contributed by atoms with van der Waals surface area (Å²) < 4.78 is 3.76. The van der Waals surface area contributed by atoms with Crippen molar-refractivity contribution < 1.29 is 0 Å². The van der Waals surface area contributed by atoms with Gasteiger partial charge in [-0.15, -0.1) is 0 Å². The smallest absolute Gasteiger partial charge is 0.227 e. The highest BCUT2D eigenvalue weighted by Crippen LogP contribution is 2.11. The molecule has 1 aliphatic heterocycles. The van der Waals surface area contributed by atoms with Gasteiger partial charge in [0.25, 0.3) is 0 Å². The average molecular weight is 242 g/mol. The zero-order chi connectivity index (χ0) is 11.2. The minimum absolute atomic E-state index is 0.903. The summed E-state index contributed by atoms with van der Waals surface area (Å²) in [5.41, 5.74) is 0. The van der Waals surface area contributed by atoms with Crippen LogP contribution in [0.15, 0.2) is 0 Å². The van der Waals surface area contributed by atoms with Gasteiger partial charge in [-0.2, -0.15) is 0 Å². The zero-order valence-corrected chi connectivity index (χ0v) is 10.4. The van der Waals surface area contributed by atoms with Crippen molar-refractivity contribution in [3.8, 4) is 0 Å². The third kappa shape index (κ3) is 3.36. The summed E-state index contributed by atoms with van der Waals surface area (Å²) in [6.45, 7) is 6.76. The van der Waals surface area contributed by atoms with Gasteiger partial charge in [0.15, 0.2) is 0 Å². The van der Waals surface area contributed by atoms with Crippen LogP contribution in [0.3, 0.4) is 0 Å². The Labute approximate surface area is 99.8 Å². The van der Waals surface area contributed by atoms with Crippen molar-refractivity contribution in [2.75, 3.05) is 51.2 Å². The highest BCUT2D eigenvalue weighted by molar-refractivity contribution is 7.09. The second kappa shape index (κ2) is 6.07. The topological polar surface area (TPSA) is 57.2 Å². The summed E-state index contributed by atoms with van der Waals surface area (Å²) in [7, 11) is 2.04. The molecular formula is C9H18N6S. The lowest BCUT2D eigenvalue weighted by atomic mass is 10.3. The van der Waals surface area contributed by atoms with Crippen LogP contribution < -0.4 is 10.2 Å². The third-order valence-corrected chi connectivity index (χ3v) is 3.50. The highest BCUT2D eigenvalue weighted by Gasteiger charge is 2.10. The van der Waals surface area contributed by atoms with Crippen LogP contribution in [0, 0.1) is 0 Å². The number of anilines is 1. The van der Waals surface area contributed by atoms with Crippen molar-refractivity contribution in [2.24, 2.45) is 0 Å². The molecule has 2 heterocycles. The second-order valence-electron chi connectivity index (χ2n) is 4.01. The highest BCUT2D eigenvalue weighted by atomic mass is 32.1. The van der Waals surface area contributed by atoms with E-state index < -0.39 is 0 Å². The molecule has 0 saturated carbocycles. The van der Waals surface area contributed by atoms with Gasteiger partial charge in [-0.1, -0.05) is 9.59 Å². The van der Waals surface area contributed by atoms with Crippen LogP contribution in [-0.4, -0.2) is 66.0 Å². The van der Waals surface area contributed by atoms with Crippen molar-refractivity contribution in [3.05, 3.63) is 0 Å². The van der Waals surface area contributed by atoms with Crippen molar-refractivity contribution >= 4 is 16.7 Å². The molecule has 1 aromatic heterocycles. The fourth-order valence-corrected chi connectivity index (χ4v) is 2.29. The van der Waals surface area contributed by atoms with Gasteiger partial charge in [-0.05, 0) is 18.2 Å². The maximum absolute atomic E-state index is 3.94. The molecule has 1 aliphatic rings. The summed E-state index contributed by atoms with van der Waals surface area (Å²) in [6, 6.07) is 0. The maximum atomic E-state index is 3.94. The van der Waals surface area contributed by atoms with Gasteiger partial charge < -0.3 is 15.1 Å². The number of hydrogen-bond donors (Lipinski definition) is 1. The molecule has 0 bridgehead atoms. The third-order valence-electron chi connectivity index (χ3n) is 2.79. The number of nitrogens with one attached hydrogen (secondary N) is 1. The Morgan fingerprint density at radius 2 is 2.25 bits per heavy atom. The molecule has 0 radical (unpaired) electrons. The predicted molar refractivity (Wildman–Crippen MR) is 64.9 cm³/mol. The van der Waals surface area contributed by atoms with E-state index in [0.29, 0.717) is 0 Å². The molecule has 1 fully saturated rings. The molecule has 0 atom stereocenters. The number of rotatable bonds is 5. The van der Waals surface area contributed by atoms with E-state index in [0.717, 1.165) is 37.7 Å². The fraction of sp³-hybridized carbons (Fsp3) is 0.889. The minimum Gasteiger partial charge on any atom is -0.348 e. The molecular weight excluding hydrogens is 224 g/mol. The number of aromatic nitrogens is 3. The Morgan fingerprint density at radius 1 is 1.44 bits per heavy atom. The summed E-state index contributed by atoms with van der Waals surface area (Å²) in [4.78, 5) is 4.62. The molecule has 1 N–H and O–H groups in total. The Hall–Kier alpha value is -0.790. The van der Waals surface area contributed by atoms with E-state index in [1.165, 1.54) is 24.6 Å². The van der Waals surface area contributed by atoms with Gasteiger partial charge in [0.2, 0.25) is 5.13 Å². The fourth-order valence-electron chi connectivity index (χ4n) is 1.84. The van der Waals surface area contributed by atoms with Crippen LogP contribution in [0.2, 0.25) is 0 Å². The number of hydrogen-bond acceptors (Lipinski definition) is 7. The van der Waals surface area contributed by atoms with Crippen LogP contribution in [0.25, 0.3) is 0 Å². The quantitative estimate of drug-likeness (QED) is 0.763. The Morgan fingerprint density at radius 3 is 2.94 bits per heavy atom. The molecule has 0 unspecified atom stereocenters. The molecule has 6 nitrogen and oxygen atoms in total. The van der Waals surface area contributed by atoms with Gasteiger partial charge in [0.1, 0.15) is 0 Å². The number of piperazine rings is 1. The van der Waals surface area contributed by atoms with Gasteiger partial charge in [-0.25, -0.2) is 0 Å². The molecule has 0 spiro atoms. The molecule has 1 aromatic rings. The van der Waals surface area contributed by atoms with Gasteiger partial charge in [0, 0.05) is 51.3 Å². The van der Waals surface area contributed by atoms with Crippen LogP contribution in [0.1, 0.15) is 6.42 Å². The lowest BCUT2D eigenvalue weighted by molar-refractivity contribution is 0.239. The van der Waals surface area contributed by atoms with Gasteiger partial charge in [0.05, 0.1) is 0 Å². The first-order chi connectivity index (χ1) is 7.86. The SMILES string of the molecule is CN(CCCN1CCNCC1)c1nnns1. The predicted octanol–water partition coefficient (Wildman–Crippen LogP) is -0.335. The van der Waals surface area contributed by atoms with E-state index >= 15 is 0 Å². The van der Waals surface area contributed by atoms with Crippen LogP contribution in [-0.2, 0) is 0 Å². The van der Waals surface area contributed by atoms with Gasteiger partial charge >= 0.3 is 0 Å². The summed E-state index contributed by atoms with van der Waals surface area (Å²) in [6.07, 6.45) is 1.16. The lowest BCUT2D eigenvalue weighted by Gasteiger charge is -2.27. The number of nitrogens with zero attached hydrogens (tertiary/aromatic N) is 5. The summed E-state index contributed by atoms with van der Waals surface area (Å²) in [5, 5.41) is 11.8. The molecule has 0 aliphatic carbocycles. The second-order valence-corrected chi connectivity index (χ2v) is 4.72. The first kappa shape index (κ1) is 11.7. The van der Waals surface area contributed by atoms with E-state index in [9.17, 15) is 0 Å². The zero-order valence-electron chi connectivity index (χ0n) is 9.59. The molecule has 16 heavy (non-hydrogen) atoms. The van der Waals surface area contributed by atoms with Crippen molar-refractivity contribution in [1.82, 2.24) is 25.0 Å². The first-order valence-electron chi connectivity index (χ1n) is 5.65. The molecule has 1 saturated heterocycles. The summed E-state index contributed by atoms with van der Waals surface area (Å²) in [5.74, 6) is 0. The van der Waals surface area contributed by atoms with E-state index in [-0.39, 0.29) is 0 Å². The lowest BCUT2D eigenvalue weighted by Crippen LogP contribution is -2.44. The Kier molecular flexibility index (Phi) is 4.44. The monoisotopic (exact) mass is 242 g/mol. The van der Waals surface area contributed by atoms with Crippen molar-refractivity contribution in [3.63, 3.8) is 0 Å². The molecule has 0 aromatic carbocycles. The minimum atomic E-state index is 0.903. The average Bonchev–Trinajstić information content (AvgIpc) is 2.84. The van der Waals surface area contributed by atoms with Crippen LogP contribution in [0.4, 0.5) is 5.13 Å². The van der Waals surface area contributed by atoms with E-state index in [2.05, 4.69) is 29.9 Å². The van der Waals surface area contributed by atoms with Gasteiger partial charge in [-0.3, -0.25) is 0 Å². The molecule has 0 amide bonds. The largest absolute Gasteiger partial charge is 0.348 e. The first-order valence-corrected chi connectivity index (χ1v) is 6.43. The van der Waals surface area contributed by atoms with E-state index in [1.54, 1.807) is 0 Å².